The summed E-state index contributed by atoms with van der Waals surface area (Å²) >= 11 is 6.11. The third-order valence-corrected chi connectivity index (χ3v) is 4.26. The number of halogens is 1. The quantitative estimate of drug-likeness (QED) is 0.758. The molecule has 3 rings (SSSR count). The molecule has 0 saturated carbocycles. The van der Waals surface area contributed by atoms with E-state index in [9.17, 15) is 4.79 Å². The zero-order valence-electron chi connectivity index (χ0n) is 13.9. The molecule has 0 bridgehead atoms. The number of hydrogen-bond donors (Lipinski definition) is 1. The van der Waals surface area contributed by atoms with Crippen molar-refractivity contribution in [2.24, 2.45) is 0 Å². The van der Waals surface area contributed by atoms with Crippen LogP contribution < -0.4 is 5.32 Å². The van der Waals surface area contributed by atoms with Crippen LogP contribution in [-0.2, 0) is 6.54 Å². The molecule has 0 fully saturated rings. The Balaban J connectivity index is 1.59. The fraction of sp³-hybridized carbons (Fsp3) is 0.235. The molecule has 8 heteroatoms. The van der Waals surface area contributed by atoms with Gasteiger partial charge in [0.15, 0.2) is 5.82 Å². The lowest BCUT2D eigenvalue weighted by atomic mass is 10.3. The van der Waals surface area contributed by atoms with Gasteiger partial charge >= 0.3 is 0 Å². The second kappa shape index (κ2) is 7.40. The van der Waals surface area contributed by atoms with Gasteiger partial charge < -0.3 is 5.32 Å². The molecule has 0 unspecified atom stereocenters. The fourth-order valence-electron chi connectivity index (χ4n) is 2.34. The van der Waals surface area contributed by atoms with Crippen LogP contribution in [0.25, 0.3) is 11.5 Å². The molecule has 0 aromatic carbocycles. The number of rotatable bonds is 5. The van der Waals surface area contributed by atoms with Crippen LogP contribution in [0.1, 0.15) is 21.7 Å². The maximum Gasteiger partial charge on any atom is 0.254 e. The van der Waals surface area contributed by atoms with E-state index in [2.05, 4.69) is 25.4 Å². The number of hydrogen-bond acceptors (Lipinski definition) is 5. The molecule has 0 radical (unpaired) electrons. The van der Waals surface area contributed by atoms with E-state index in [1.807, 2.05) is 32.0 Å². The number of aryl methyl sites for hydroxylation is 1. The summed E-state index contributed by atoms with van der Waals surface area (Å²) in [6.07, 6.45) is 4.66. The lowest BCUT2D eigenvalue weighted by molar-refractivity contribution is 0.0951. The normalized spacial score (nSPS) is 10.7. The summed E-state index contributed by atoms with van der Waals surface area (Å²) < 4.78 is 1.78. The van der Waals surface area contributed by atoms with E-state index in [-0.39, 0.29) is 5.91 Å². The van der Waals surface area contributed by atoms with Crippen molar-refractivity contribution >= 4 is 17.5 Å². The van der Waals surface area contributed by atoms with Crippen LogP contribution >= 0.6 is 11.6 Å². The number of amides is 1. The number of carbonyl (C=O) groups excluding carboxylic acids is 1. The lowest BCUT2D eigenvalue weighted by Crippen LogP contribution is -2.28. The van der Waals surface area contributed by atoms with Crippen molar-refractivity contribution in [3.8, 4) is 11.5 Å². The Kier molecular flexibility index (Phi) is 5.04. The predicted octanol–water partition coefficient (Wildman–Crippen LogP) is 2.44. The molecule has 0 saturated heterocycles. The topological polar surface area (TPSA) is 85.6 Å². The van der Waals surface area contributed by atoms with E-state index in [0.29, 0.717) is 35.2 Å². The monoisotopic (exact) mass is 356 g/mol. The first kappa shape index (κ1) is 17.0. The summed E-state index contributed by atoms with van der Waals surface area (Å²) in [7, 11) is 0. The highest BCUT2D eigenvalue weighted by Crippen LogP contribution is 2.18. The van der Waals surface area contributed by atoms with Crippen molar-refractivity contribution in [3.63, 3.8) is 0 Å². The Hall–Kier alpha value is -2.80. The molecule has 3 heterocycles. The highest BCUT2D eigenvalue weighted by Gasteiger charge is 2.11. The molecule has 0 aliphatic rings. The Morgan fingerprint density at radius 2 is 1.96 bits per heavy atom. The maximum absolute atomic E-state index is 12.2. The molecular weight excluding hydrogens is 340 g/mol. The van der Waals surface area contributed by atoms with Gasteiger partial charge in [-0.05, 0) is 26.0 Å². The zero-order valence-corrected chi connectivity index (χ0v) is 14.7. The smallest absolute Gasteiger partial charge is 0.254 e. The lowest BCUT2D eigenvalue weighted by Gasteiger charge is -2.07. The Morgan fingerprint density at radius 1 is 1.20 bits per heavy atom. The third-order valence-electron chi connectivity index (χ3n) is 3.71. The van der Waals surface area contributed by atoms with Crippen molar-refractivity contribution in [3.05, 3.63) is 58.8 Å². The summed E-state index contributed by atoms with van der Waals surface area (Å²) in [5.41, 5.74) is 2.72. The molecule has 3 aromatic heterocycles. The van der Waals surface area contributed by atoms with E-state index < -0.39 is 0 Å². The van der Waals surface area contributed by atoms with Gasteiger partial charge in [-0.25, -0.2) is 9.97 Å². The highest BCUT2D eigenvalue weighted by atomic mass is 35.5. The number of nitrogens with zero attached hydrogens (tertiary/aromatic N) is 5. The van der Waals surface area contributed by atoms with Crippen LogP contribution in [0.15, 0.2) is 36.8 Å². The SMILES string of the molecule is Cc1nn(CCNC(=O)c2cnc(-c3ccccn3)nc2)c(C)c1Cl. The first-order valence-electron chi connectivity index (χ1n) is 7.77. The van der Waals surface area contributed by atoms with Crippen LogP contribution in [0, 0.1) is 13.8 Å². The number of nitrogens with one attached hydrogen (secondary N) is 1. The van der Waals surface area contributed by atoms with Crippen molar-refractivity contribution in [1.82, 2.24) is 30.0 Å². The van der Waals surface area contributed by atoms with Crippen LogP contribution in [-0.4, -0.2) is 37.2 Å². The van der Waals surface area contributed by atoms with Crippen molar-refractivity contribution in [2.75, 3.05) is 6.54 Å². The third kappa shape index (κ3) is 3.83. The maximum atomic E-state index is 12.2. The molecule has 25 heavy (non-hydrogen) atoms. The van der Waals surface area contributed by atoms with Crippen molar-refractivity contribution < 1.29 is 4.79 Å². The second-order valence-electron chi connectivity index (χ2n) is 5.47. The molecule has 0 atom stereocenters. The number of carbonyl (C=O) groups is 1. The highest BCUT2D eigenvalue weighted by molar-refractivity contribution is 6.31. The average Bonchev–Trinajstić information content (AvgIpc) is 2.89. The van der Waals surface area contributed by atoms with Crippen LogP contribution in [0.4, 0.5) is 0 Å². The molecule has 1 N–H and O–H groups in total. The summed E-state index contributed by atoms with van der Waals surface area (Å²) in [6.45, 7) is 4.72. The molecule has 0 spiro atoms. The van der Waals surface area contributed by atoms with E-state index in [4.69, 9.17) is 11.6 Å². The molecular formula is C17H17ClN6O. The largest absolute Gasteiger partial charge is 0.350 e. The Bertz CT molecular complexity index is 876. The minimum atomic E-state index is -0.236. The Labute approximate surface area is 150 Å². The summed E-state index contributed by atoms with van der Waals surface area (Å²) in [5, 5.41) is 7.81. The molecule has 0 aliphatic heterocycles. The van der Waals surface area contributed by atoms with E-state index in [1.165, 1.54) is 12.4 Å². The molecule has 3 aromatic rings. The summed E-state index contributed by atoms with van der Waals surface area (Å²) in [5.74, 6) is 0.245. The fourth-order valence-corrected chi connectivity index (χ4v) is 2.48. The predicted molar refractivity (Wildman–Crippen MR) is 94.3 cm³/mol. The number of pyridine rings is 1. The molecule has 128 valence electrons. The molecule has 0 aliphatic carbocycles. The van der Waals surface area contributed by atoms with Gasteiger partial charge in [0, 0.05) is 25.1 Å². The van der Waals surface area contributed by atoms with Crippen LogP contribution in [0.3, 0.4) is 0 Å². The van der Waals surface area contributed by atoms with Gasteiger partial charge in [0.1, 0.15) is 5.69 Å². The average molecular weight is 357 g/mol. The molecule has 1 amide bonds. The van der Waals surface area contributed by atoms with Gasteiger partial charge in [-0.2, -0.15) is 5.10 Å². The van der Waals surface area contributed by atoms with Gasteiger partial charge in [0.25, 0.3) is 5.91 Å². The van der Waals surface area contributed by atoms with Gasteiger partial charge in [0.05, 0.1) is 28.5 Å². The van der Waals surface area contributed by atoms with E-state index in [1.54, 1.807) is 10.9 Å². The van der Waals surface area contributed by atoms with Crippen molar-refractivity contribution in [1.29, 1.82) is 0 Å². The van der Waals surface area contributed by atoms with Crippen LogP contribution in [0.2, 0.25) is 5.02 Å². The Morgan fingerprint density at radius 3 is 2.56 bits per heavy atom. The number of aromatic nitrogens is 5. The first-order chi connectivity index (χ1) is 12.1. The standard InChI is InChI=1S/C17H17ClN6O/c1-11-15(18)12(2)24(23-11)8-7-20-17(25)13-9-21-16(22-10-13)14-5-3-4-6-19-14/h3-6,9-10H,7-8H2,1-2H3,(H,20,25). The van der Waals surface area contributed by atoms with Gasteiger partial charge in [-0.15, -0.1) is 0 Å². The first-order valence-corrected chi connectivity index (χ1v) is 8.15. The van der Waals surface area contributed by atoms with E-state index >= 15 is 0 Å². The van der Waals surface area contributed by atoms with Crippen LogP contribution in [0.5, 0.6) is 0 Å². The van der Waals surface area contributed by atoms with Gasteiger partial charge in [-0.3, -0.25) is 14.5 Å². The van der Waals surface area contributed by atoms with Crippen molar-refractivity contribution in [2.45, 2.75) is 20.4 Å². The minimum absolute atomic E-state index is 0.236. The molecule has 7 nitrogen and oxygen atoms in total. The summed E-state index contributed by atoms with van der Waals surface area (Å²) in [6, 6.07) is 5.49. The minimum Gasteiger partial charge on any atom is -0.350 e. The second-order valence-corrected chi connectivity index (χ2v) is 5.85. The van der Waals surface area contributed by atoms with E-state index in [0.717, 1.165) is 11.4 Å². The van der Waals surface area contributed by atoms with Gasteiger partial charge in [-0.1, -0.05) is 17.7 Å². The zero-order chi connectivity index (χ0) is 17.8. The van der Waals surface area contributed by atoms with Gasteiger partial charge in [0.2, 0.25) is 0 Å². The summed E-state index contributed by atoms with van der Waals surface area (Å²) in [4.78, 5) is 24.7.